The van der Waals surface area contributed by atoms with Gasteiger partial charge < -0.3 is 4.42 Å². The van der Waals surface area contributed by atoms with Crippen LogP contribution in [0.5, 0.6) is 0 Å². The lowest BCUT2D eigenvalue weighted by Gasteiger charge is -1.93. The van der Waals surface area contributed by atoms with Crippen molar-refractivity contribution in [3.05, 3.63) is 30.4 Å². The van der Waals surface area contributed by atoms with Gasteiger partial charge >= 0.3 is 0 Å². The van der Waals surface area contributed by atoms with Gasteiger partial charge in [-0.2, -0.15) is 0 Å². The molecule has 0 saturated carbocycles. The minimum atomic E-state index is 0.502. The molecule has 0 aromatic carbocycles. The summed E-state index contributed by atoms with van der Waals surface area (Å²) in [6, 6.07) is 3.80. The van der Waals surface area contributed by atoms with E-state index < -0.39 is 0 Å². The van der Waals surface area contributed by atoms with E-state index in [-0.39, 0.29) is 0 Å². The lowest BCUT2D eigenvalue weighted by molar-refractivity contribution is 0.568. The molecule has 2 heterocycles. The molecule has 0 radical (unpaired) electrons. The van der Waals surface area contributed by atoms with Gasteiger partial charge in [0.1, 0.15) is 0 Å². The van der Waals surface area contributed by atoms with Crippen LogP contribution in [0.25, 0.3) is 11.5 Å². The van der Waals surface area contributed by atoms with Crippen molar-refractivity contribution in [2.45, 2.75) is 6.92 Å². The summed E-state index contributed by atoms with van der Waals surface area (Å²) in [6.45, 7) is 1.93. The van der Waals surface area contributed by atoms with Gasteiger partial charge in [-0.05, 0) is 19.1 Å². The molecular weight excluding hydrogens is 154 g/mol. The van der Waals surface area contributed by atoms with Crippen molar-refractivity contribution in [3.8, 4) is 11.5 Å². The van der Waals surface area contributed by atoms with E-state index in [1.54, 1.807) is 6.20 Å². The predicted molar refractivity (Wildman–Crippen MR) is 42.3 cm³/mol. The summed E-state index contributed by atoms with van der Waals surface area (Å²) in [4.78, 5) is 4.11. The van der Waals surface area contributed by atoms with Gasteiger partial charge in [0, 0.05) is 11.9 Å². The maximum atomic E-state index is 5.00. The van der Waals surface area contributed by atoms with Crippen LogP contribution in [0.1, 0.15) is 5.69 Å². The second-order valence-corrected chi connectivity index (χ2v) is 2.43. The minimum absolute atomic E-state index is 0.502. The van der Waals surface area contributed by atoms with Crippen molar-refractivity contribution < 1.29 is 4.42 Å². The van der Waals surface area contributed by atoms with Crippen LogP contribution in [-0.4, -0.2) is 15.2 Å². The number of aryl methyl sites for hydroxylation is 1. The maximum absolute atomic E-state index is 5.00. The van der Waals surface area contributed by atoms with Crippen molar-refractivity contribution in [2.75, 3.05) is 0 Å². The highest BCUT2D eigenvalue weighted by atomic mass is 16.4. The van der Waals surface area contributed by atoms with E-state index in [9.17, 15) is 0 Å². The van der Waals surface area contributed by atoms with Gasteiger partial charge in [-0.1, -0.05) is 0 Å². The standard InChI is InChI=1S/C8H7N3O/c1-6-2-3-7(4-9-6)8-11-10-5-12-8/h2-5H,1H3. The van der Waals surface area contributed by atoms with Crippen molar-refractivity contribution in [1.82, 2.24) is 15.2 Å². The fourth-order valence-electron chi connectivity index (χ4n) is 0.893. The highest BCUT2D eigenvalue weighted by Gasteiger charge is 2.01. The van der Waals surface area contributed by atoms with Crippen LogP contribution in [0.3, 0.4) is 0 Å². The average molecular weight is 161 g/mol. The third-order valence-electron chi connectivity index (χ3n) is 1.52. The van der Waals surface area contributed by atoms with E-state index >= 15 is 0 Å². The number of aromatic nitrogens is 3. The number of hydrogen-bond acceptors (Lipinski definition) is 4. The number of hydrogen-bond donors (Lipinski definition) is 0. The molecule has 4 nitrogen and oxygen atoms in total. The number of rotatable bonds is 1. The van der Waals surface area contributed by atoms with Gasteiger partial charge in [-0.15, -0.1) is 10.2 Å². The maximum Gasteiger partial charge on any atom is 0.248 e. The van der Waals surface area contributed by atoms with Crippen LogP contribution in [0.4, 0.5) is 0 Å². The molecule has 0 fully saturated rings. The normalized spacial score (nSPS) is 10.1. The number of nitrogens with zero attached hydrogens (tertiary/aromatic N) is 3. The van der Waals surface area contributed by atoms with E-state index in [2.05, 4.69) is 15.2 Å². The van der Waals surface area contributed by atoms with Gasteiger partial charge in [0.2, 0.25) is 12.3 Å². The van der Waals surface area contributed by atoms with Crippen LogP contribution in [0.2, 0.25) is 0 Å². The Bertz CT molecular complexity index is 352. The highest BCUT2D eigenvalue weighted by molar-refractivity contribution is 5.50. The molecule has 2 aromatic rings. The third-order valence-corrected chi connectivity index (χ3v) is 1.52. The second-order valence-electron chi connectivity index (χ2n) is 2.43. The van der Waals surface area contributed by atoms with E-state index in [4.69, 9.17) is 4.42 Å². The Morgan fingerprint density at radius 2 is 2.25 bits per heavy atom. The molecular formula is C8H7N3O. The van der Waals surface area contributed by atoms with E-state index in [0.29, 0.717) is 5.89 Å². The Morgan fingerprint density at radius 1 is 1.33 bits per heavy atom. The first kappa shape index (κ1) is 6.97. The molecule has 2 aromatic heterocycles. The zero-order valence-corrected chi connectivity index (χ0v) is 6.56. The quantitative estimate of drug-likeness (QED) is 0.635. The molecule has 0 spiro atoms. The summed E-state index contributed by atoms with van der Waals surface area (Å²) in [5.41, 5.74) is 1.82. The first-order valence-corrected chi connectivity index (χ1v) is 3.55. The van der Waals surface area contributed by atoms with Crippen molar-refractivity contribution in [1.29, 1.82) is 0 Å². The van der Waals surface area contributed by atoms with Crippen LogP contribution < -0.4 is 0 Å². The zero-order valence-electron chi connectivity index (χ0n) is 6.56. The zero-order chi connectivity index (χ0) is 8.39. The Kier molecular flexibility index (Phi) is 1.59. The van der Waals surface area contributed by atoms with Crippen molar-refractivity contribution >= 4 is 0 Å². The van der Waals surface area contributed by atoms with Crippen LogP contribution in [0.15, 0.2) is 29.1 Å². The van der Waals surface area contributed by atoms with Crippen LogP contribution in [-0.2, 0) is 0 Å². The summed E-state index contributed by atoms with van der Waals surface area (Å²) < 4.78 is 5.00. The van der Waals surface area contributed by atoms with Crippen molar-refractivity contribution in [2.24, 2.45) is 0 Å². The van der Waals surface area contributed by atoms with Gasteiger partial charge in [0.15, 0.2) is 0 Å². The first-order chi connectivity index (χ1) is 5.86. The average Bonchev–Trinajstić information content (AvgIpc) is 2.58. The van der Waals surface area contributed by atoms with E-state index in [1.807, 2.05) is 19.1 Å². The van der Waals surface area contributed by atoms with Gasteiger partial charge in [-0.25, -0.2) is 0 Å². The molecule has 0 bridgehead atoms. The molecule has 0 aliphatic heterocycles. The Hall–Kier alpha value is -1.71. The van der Waals surface area contributed by atoms with Crippen LogP contribution >= 0.6 is 0 Å². The minimum Gasteiger partial charge on any atom is -0.423 e. The molecule has 0 aliphatic rings. The van der Waals surface area contributed by atoms with Gasteiger partial charge in [-0.3, -0.25) is 4.98 Å². The monoisotopic (exact) mass is 161 g/mol. The largest absolute Gasteiger partial charge is 0.423 e. The Morgan fingerprint density at radius 3 is 2.83 bits per heavy atom. The third kappa shape index (κ3) is 1.18. The van der Waals surface area contributed by atoms with E-state index in [0.717, 1.165) is 11.3 Å². The fourth-order valence-corrected chi connectivity index (χ4v) is 0.893. The summed E-state index contributed by atoms with van der Waals surface area (Å²) in [7, 11) is 0. The SMILES string of the molecule is Cc1ccc(-c2nnco2)cn1. The molecule has 60 valence electrons. The summed E-state index contributed by atoms with van der Waals surface area (Å²) in [6.07, 6.45) is 3.01. The molecule has 0 N–H and O–H groups in total. The molecule has 0 unspecified atom stereocenters. The second kappa shape index (κ2) is 2.73. The number of pyridine rings is 1. The lowest BCUT2D eigenvalue weighted by Crippen LogP contribution is -1.82. The lowest BCUT2D eigenvalue weighted by atomic mass is 10.2. The summed E-state index contributed by atoms with van der Waals surface area (Å²) >= 11 is 0. The Labute approximate surface area is 69.3 Å². The molecule has 12 heavy (non-hydrogen) atoms. The molecule has 2 rings (SSSR count). The molecule has 0 aliphatic carbocycles. The van der Waals surface area contributed by atoms with Crippen molar-refractivity contribution in [3.63, 3.8) is 0 Å². The molecule has 4 heteroatoms. The Balaban J connectivity index is 2.43. The molecule has 0 atom stereocenters. The summed E-state index contributed by atoms with van der Waals surface area (Å²) in [5, 5.41) is 7.34. The van der Waals surface area contributed by atoms with Gasteiger partial charge in [0.25, 0.3) is 0 Å². The fraction of sp³-hybridized carbons (Fsp3) is 0.125. The van der Waals surface area contributed by atoms with E-state index in [1.165, 1.54) is 6.39 Å². The topological polar surface area (TPSA) is 51.8 Å². The summed E-state index contributed by atoms with van der Waals surface area (Å²) in [5.74, 6) is 0.502. The highest BCUT2D eigenvalue weighted by Crippen LogP contribution is 2.13. The molecule has 0 saturated heterocycles. The van der Waals surface area contributed by atoms with Crippen LogP contribution in [0, 0.1) is 6.92 Å². The predicted octanol–water partition coefficient (Wildman–Crippen LogP) is 1.44. The smallest absolute Gasteiger partial charge is 0.248 e. The first-order valence-electron chi connectivity index (χ1n) is 3.55. The molecule has 0 amide bonds. The van der Waals surface area contributed by atoms with Gasteiger partial charge in [0.05, 0.1) is 5.56 Å².